The van der Waals surface area contributed by atoms with Crippen LogP contribution in [0.1, 0.15) is 17.4 Å². The molecule has 0 spiro atoms. The highest BCUT2D eigenvalue weighted by atomic mass is 32.1. The van der Waals surface area contributed by atoms with E-state index in [9.17, 15) is 14.0 Å². The van der Waals surface area contributed by atoms with Gasteiger partial charge in [0.1, 0.15) is 11.6 Å². The van der Waals surface area contributed by atoms with E-state index in [1.54, 1.807) is 0 Å². The fourth-order valence-corrected chi connectivity index (χ4v) is 2.65. The molecule has 3 rings (SSSR count). The summed E-state index contributed by atoms with van der Waals surface area (Å²) in [6, 6.07) is 10.4. The van der Waals surface area contributed by atoms with Gasteiger partial charge in [-0.1, -0.05) is 11.2 Å². The van der Waals surface area contributed by atoms with Gasteiger partial charge in [0.25, 0.3) is 11.8 Å². The number of thiophene rings is 1. The minimum absolute atomic E-state index is 0.0285. The first-order valence-electron chi connectivity index (χ1n) is 7.56. The normalized spacial score (nSPS) is 11.6. The van der Waals surface area contributed by atoms with Crippen LogP contribution in [0.2, 0.25) is 0 Å². The monoisotopic (exact) mass is 375 g/mol. The average Bonchev–Trinajstić information content (AvgIpc) is 3.32. The van der Waals surface area contributed by atoms with Gasteiger partial charge in [-0.25, -0.2) is 4.39 Å². The summed E-state index contributed by atoms with van der Waals surface area (Å²) in [6.45, 7) is 1.50. The van der Waals surface area contributed by atoms with Crippen molar-refractivity contribution in [3.8, 4) is 16.4 Å². The number of amides is 2. The summed E-state index contributed by atoms with van der Waals surface area (Å²) in [5, 5.41) is 5.55. The Morgan fingerprint density at radius 2 is 2.00 bits per heavy atom. The lowest BCUT2D eigenvalue weighted by atomic mass is 10.3. The van der Waals surface area contributed by atoms with Gasteiger partial charge in [0.15, 0.2) is 17.6 Å². The van der Waals surface area contributed by atoms with Crippen LogP contribution in [0.25, 0.3) is 10.6 Å². The molecule has 1 atom stereocenters. The van der Waals surface area contributed by atoms with Crippen LogP contribution in [0.3, 0.4) is 0 Å². The number of aromatic nitrogens is 1. The summed E-state index contributed by atoms with van der Waals surface area (Å²) >= 11 is 1.45. The molecule has 9 heteroatoms. The van der Waals surface area contributed by atoms with Crippen molar-refractivity contribution in [2.24, 2.45) is 0 Å². The Kier molecular flexibility index (Phi) is 5.28. The van der Waals surface area contributed by atoms with Crippen molar-refractivity contribution in [2.75, 3.05) is 0 Å². The molecular formula is C17H14FN3O4S. The van der Waals surface area contributed by atoms with Gasteiger partial charge in [-0.2, -0.15) is 0 Å². The van der Waals surface area contributed by atoms with Crippen LogP contribution >= 0.6 is 11.3 Å². The Labute approximate surface area is 151 Å². The quantitative estimate of drug-likeness (QED) is 0.669. The highest BCUT2D eigenvalue weighted by Crippen LogP contribution is 2.24. The van der Waals surface area contributed by atoms with E-state index in [0.717, 1.165) is 4.88 Å². The molecule has 26 heavy (non-hydrogen) atoms. The van der Waals surface area contributed by atoms with Gasteiger partial charge in [-0.05, 0) is 42.6 Å². The lowest BCUT2D eigenvalue weighted by molar-refractivity contribution is -0.128. The number of halogens is 1. The number of rotatable bonds is 5. The second-order valence-corrected chi connectivity index (χ2v) is 6.16. The predicted octanol–water partition coefficient (Wildman–Crippen LogP) is 2.77. The molecule has 0 aliphatic rings. The van der Waals surface area contributed by atoms with E-state index in [4.69, 9.17) is 9.26 Å². The Bertz CT molecular complexity index is 893. The third kappa shape index (κ3) is 4.25. The Morgan fingerprint density at radius 1 is 1.23 bits per heavy atom. The average molecular weight is 375 g/mol. The fraction of sp³-hybridized carbons (Fsp3) is 0.118. The number of nitrogens with zero attached hydrogens (tertiary/aromatic N) is 1. The fourth-order valence-electron chi connectivity index (χ4n) is 1.97. The first kappa shape index (κ1) is 17.6. The van der Waals surface area contributed by atoms with Crippen LogP contribution in [0, 0.1) is 5.82 Å². The number of carbonyl (C=O) groups excluding carboxylic acids is 2. The number of carbonyl (C=O) groups is 2. The molecule has 3 aromatic rings. The number of hydrogen-bond donors (Lipinski definition) is 2. The second-order valence-electron chi connectivity index (χ2n) is 5.21. The topological polar surface area (TPSA) is 93.5 Å². The van der Waals surface area contributed by atoms with Crippen molar-refractivity contribution in [1.82, 2.24) is 16.0 Å². The van der Waals surface area contributed by atoms with Gasteiger partial charge >= 0.3 is 0 Å². The zero-order valence-electron chi connectivity index (χ0n) is 13.6. The van der Waals surface area contributed by atoms with E-state index in [0.29, 0.717) is 11.5 Å². The molecule has 0 fully saturated rings. The smallest absolute Gasteiger partial charge is 0.291 e. The maximum Gasteiger partial charge on any atom is 0.291 e. The van der Waals surface area contributed by atoms with Gasteiger partial charge in [0.05, 0.1) is 4.88 Å². The number of nitrogens with one attached hydrogen (secondary N) is 2. The van der Waals surface area contributed by atoms with Crippen LogP contribution in [-0.2, 0) is 4.79 Å². The summed E-state index contributed by atoms with van der Waals surface area (Å²) < 4.78 is 23.3. The highest BCUT2D eigenvalue weighted by Gasteiger charge is 2.18. The SMILES string of the molecule is CC(Oc1ccc(F)cc1)C(=O)NNC(=O)c1cc(-c2cccs2)on1. The summed E-state index contributed by atoms with van der Waals surface area (Å²) in [7, 11) is 0. The van der Waals surface area contributed by atoms with E-state index in [1.165, 1.54) is 48.6 Å². The van der Waals surface area contributed by atoms with E-state index >= 15 is 0 Å². The zero-order chi connectivity index (χ0) is 18.5. The number of ether oxygens (including phenoxy) is 1. The largest absolute Gasteiger partial charge is 0.481 e. The molecule has 0 saturated heterocycles. The van der Waals surface area contributed by atoms with Gasteiger partial charge < -0.3 is 9.26 Å². The predicted molar refractivity (Wildman–Crippen MR) is 91.9 cm³/mol. The van der Waals surface area contributed by atoms with Crippen molar-refractivity contribution in [3.63, 3.8) is 0 Å². The van der Waals surface area contributed by atoms with Crippen molar-refractivity contribution in [2.45, 2.75) is 13.0 Å². The Morgan fingerprint density at radius 3 is 2.69 bits per heavy atom. The lowest BCUT2D eigenvalue weighted by Gasteiger charge is -2.14. The molecule has 2 aromatic heterocycles. The second kappa shape index (κ2) is 7.79. The molecular weight excluding hydrogens is 361 g/mol. The van der Waals surface area contributed by atoms with E-state index < -0.39 is 23.7 Å². The molecule has 134 valence electrons. The maximum atomic E-state index is 12.8. The van der Waals surface area contributed by atoms with E-state index in [-0.39, 0.29) is 5.69 Å². The van der Waals surface area contributed by atoms with Crippen LogP contribution < -0.4 is 15.6 Å². The first-order valence-corrected chi connectivity index (χ1v) is 8.44. The standard InChI is InChI=1S/C17H14FN3O4S/c1-10(24-12-6-4-11(18)5-7-12)16(22)19-20-17(23)13-9-14(25-21-13)15-3-2-8-26-15/h2-10H,1H3,(H,19,22)(H,20,23). The molecule has 0 bridgehead atoms. The van der Waals surface area contributed by atoms with E-state index in [1.807, 2.05) is 17.5 Å². The minimum atomic E-state index is -0.903. The lowest BCUT2D eigenvalue weighted by Crippen LogP contribution is -2.47. The van der Waals surface area contributed by atoms with Gasteiger partial charge in [0.2, 0.25) is 0 Å². The van der Waals surface area contributed by atoms with Crippen molar-refractivity contribution >= 4 is 23.2 Å². The van der Waals surface area contributed by atoms with Crippen LogP contribution in [0.5, 0.6) is 5.75 Å². The molecule has 1 unspecified atom stereocenters. The number of benzene rings is 1. The molecule has 0 radical (unpaired) electrons. The summed E-state index contributed by atoms with van der Waals surface area (Å²) in [4.78, 5) is 24.8. The Balaban J connectivity index is 1.52. The zero-order valence-corrected chi connectivity index (χ0v) is 14.4. The van der Waals surface area contributed by atoms with Crippen LogP contribution in [-0.4, -0.2) is 23.1 Å². The van der Waals surface area contributed by atoms with Gasteiger partial charge in [-0.15, -0.1) is 11.3 Å². The van der Waals surface area contributed by atoms with E-state index in [2.05, 4.69) is 16.0 Å². The van der Waals surface area contributed by atoms with Crippen molar-refractivity contribution < 1.29 is 23.2 Å². The molecule has 7 nitrogen and oxygen atoms in total. The van der Waals surface area contributed by atoms with Gasteiger partial charge in [-0.3, -0.25) is 20.4 Å². The third-order valence-electron chi connectivity index (χ3n) is 3.30. The summed E-state index contributed by atoms with van der Waals surface area (Å²) in [5.74, 6) is -0.818. The van der Waals surface area contributed by atoms with Crippen molar-refractivity contribution in [3.05, 3.63) is 59.4 Å². The summed E-state index contributed by atoms with van der Waals surface area (Å²) in [6.07, 6.45) is -0.903. The molecule has 0 aliphatic heterocycles. The number of hydrazine groups is 1. The number of hydrogen-bond acceptors (Lipinski definition) is 6. The molecule has 0 aliphatic carbocycles. The van der Waals surface area contributed by atoms with Crippen molar-refractivity contribution in [1.29, 1.82) is 0 Å². The first-order chi connectivity index (χ1) is 12.5. The van der Waals surface area contributed by atoms with Crippen LogP contribution in [0.15, 0.2) is 52.4 Å². The molecule has 2 N–H and O–H groups in total. The maximum absolute atomic E-state index is 12.8. The Hall–Kier alpha value is -3.20. The highest BCUT2D eigenvalue weighted by molar-refractivity contribution is 7.13. The molecule has 2 amide bonds. The molecule has 1 aromatic carbocycles. The third-order valence-corrected chi connectivity index (χ3v) is 4.19. The van der Waals surface area contributed by atoms with Gasteiger partial charge in [0, 0.05) is 6.07 Å². The summed E-state index contributed by atoms with van der Waals surface area (Å²) in [5.41, 5.74) is 4.50. The molecule has 0 saturated carbocycles. The minimum Gasteiger partial charge on any atom is -0.481 e. The molecule has 2 heterocycles. The van der Waals surface area contributed by atoms with Crippen LogP contribution in [0.4, 0.5) is 4.39 Å².